The second kappa shape index (κ2) is 11.0. The minimum atomic E-state index is -1.52. The molecule has 0 aromatic heterocycles. The molecule has 4 unspecified atom stereocenters. The van der Waals surface area contributed by atoms with Crippen LogP contribution < -0.4 is 21.7 Å². The Kier molecular flexibility index (Phi) is 9.03. The first-order valence-corrected chi connectivity index (χ1v) is 8.83. The number of carboxylic acid groups (broad SMARTS) is 1. The Morgan fingerprint density at radius 2 is 1.62 bits per heavy atom. The third-order valence-corrected chi connectivity index (χ3v) is 3.91. The van der Waals surface area contributed by atoms with E-state index in [1.165, 1.54) is 26.0 Å². The summed E-state index contributed by atoms with van der Waals surface area (Å²) in [5.74, 6) is -3.47. The normalized spacial score (nSPS) is 14.8. The van der Waals surface area contributed by atoms with E-state index in [1.54, 1.807) is 12.1 Å². The van der Waals surface area contributed by atoms with Crippen LogP contribution in [0.1, 0.15) is 19.4 Å². The van der Waals surface area contributed by atoms with E-state index in [9.17, 15) is 29.4 Å². The van der Waals surface area contributed by atoms with E-state index in [1.807, 2.05) is 0 Å². The number of hydrogen-bond donors (Lipinski definition) is 7. The first kappa shape index (κ1) is 23.9. The lowest BCUT2D eigenvalue weighted by molar-refractivity contribution is -0.144. The average molecular weight is 410 g/mol. The number of carboxylic acids is 1. The minimum Gasteiger partial charge on any atom is -0.508 e. The van der Waals surface area contributed by atoms with Gasteiger partial charge in [0.2, 0.25) is 17.7 Å². The van der Waals surface area contributed by atoms with Gasteiger partial charge in [-0.2, -0.15) is 0 Å². The highest BCUT2D eigenvalue weighted by molar-refractivity contribution is 5.92. The van der Waals surface area contributed by atoms with Gasteiger partial charge in [0, 0.05) is 6.42 Å². The number of carbonyl (C=O) groups is 4. The summed E-state index contributed by atoms with van der Waals surface area (Å²) in [4.78, 5) is 47.3. The summed E-state index contributed by atoms with van der Waals surface area (Å²) in [5.41, 5.74) is 6.15. The molecule has 0 heterocycles. The molecule has 8 N–H and O–H groups in total. The van der Waals surface area contributed by atoms with Crippen molar-refractivity contribution in [1.82, 2.24) is 16.0 Å². The standard InChI is InChI=1S/C18H26N4O7/c1-9(19)16(26)21-13(7-11-3-5-12(24)6-4-11)17(27)20-8-14(25)22-15(10(2)23)18(28)29/h3-6,9-10,13,15,23-24H,7-8,19H2,1-2H3,(H,20,27)(H,21,26)(H,22,25)(H,28,29). The molecular weight excluding hydrogens is 384 g/mol. The molecule has 1 aromatic rings. The molecule has 0 aliphatic rings. The van der Waals surface area contributed by atoms with Gasteiger partial charge in [0.05, 0.1) is 18.7 Å². The molecule has 4 atom stereocenters. The maximum Gasteiger partial charge on any atom is 0.328 e. The van der Waals surface area contributed by atoms with E-state index in [0.717, 1.165) is 0 Å². The maximum atomic E-state index is 12.5. The Balaban J connectivity index is 2.77. The zero-order valence-corrected chi connectivity index (χ0v) is 16.1. The molecule has 0 bridgehead atoms. The second-order valence-corrected chi connectivity index (χ2v) is 6.56. The van der Waals surface area contributed by atoms with Gasteiger partial charge >= 0.3 is 5.97 Å². The highest BCUT2D eigenvalue weighted by Crippen LogP contribution is 2.11. The van der Waals surface area contributed by atoms with Crippen molar-refractivity contribution in [2.24, 2.45) is 5.73 Å². The summed E-state index contributed by atoms with van der Waals surface area (Å²) in [7, 11) is 0. The van der Waals surface area contributed by atoms with E-state index in [0.29, 0.717) is 5.56 Å². The van der Waals surface area contributed by atoms with E-state index >= 15 is 0 Å². The van der Waals surface area contributed by atoms with Crippen molar-refractivity contribution in [3.8, 4) is 5.75 Å². The van der Waals surface area contributed by atoms with Crippen molar-refractivity contribution in [3.05, 3.63) is 29.8 Å². The lowest BCUT2D eigenvalue weighted by atomic mass is 10.0. The summed E-state index contributed by atoms with van der Waals surface area (Å²) < 4.78 is 0. The molecule has 0 aliphatic carbocycles. The molecule has 0 radical (unpaired) electrons. The number of nitrogens with one attached hydrogen (secondary N) is 3. The molecule has 29 heavy (non-hydrogen) atoms. The number of phenols is 1. The number of phenolic OH excluding ortho intramolecular Hbond substituents is 1. The van der Waals surface area contributed by atoms with Crippen molar-refractivity contribution in [1.29, 1.82) is 0 Å². The Labute approximate surface area is 167 Å². The van der Waals surface area contributed by atoms with Gasteiger partial charge in [-0.15, -0.1) is 0 Å². The fourth-order valence-electron chi connectivity index (χ4n) is 2.28. The molecule has 0 fully saturated rings. The Morgan fingerprint density at radius 1 is 1.03 bits per heavy atom. The fraction of sp³-hybridized carbons (Fsp3) is 0.444. The van der Waals surface area contributed by atoms with Crippen molar-refractivity contribution in [2.45, 2.75) is 44.5 Å². The number of aliphatic carboxylic acids is 1. The Bertz CT molecular complexity index is 734. The van der Waals surface area contributed by atoms with Crippen LogP contribution in [0.2, 0.25) is 0 Å². The molecule has 0 saturated carbocycles. The van der Waals surface area contributed by atoms with Crippen LogP contribution in [-0.4, -0.2) is 69.8 Å². The zero-order valence-electron chi connectivity index (χ0n) is 16.1. The van der Waals surface area contributed by atoms with Crippen LogP contribution in [0.4, 0.5) is 0 Å². The highest BCUT2D eigenvalue weighted by atomic mass is 16.4. The number of amides is 3. The maximum absolute atomic E-state index is 12.5. The van der Waals surface area contributed by atoms with Gasteiger partial charge in [-0.05, 0) is 31.5 Å². The Morgan fingerprint density at radius 3 is 2.10 bits per heavy atom. The molecular formula is C18H26N4O7. The zero-order chi connectivity index (χ0) is 22.1. The average Bonchev–Trinajstić information content (AvgIpc) is 2.64. The number of rotatable bonds is 10. The lowest BCUT2D eigenvalue weighted by Gasteiger charge is -2.21. The molecule has 11 heteroatoms. The Hall–Kier alpha value is -3.18. The van der Waals surface area contributed by atoms with Gasteiger partial charge in [0.1, 0.15) is 11.8 Å². The largest absolute Gasteiger partial charge is 0.508 e. The SMILES string of the molecule is CC(N)C(=O)NC(Cc1ccc(O)cc1)C(=O)NCC(=O)NC(C(=O)O)C(C)O. The number of aliphatic hydroxyl groups is 1. The van der Waals surface area contributed by atoms with E-state index in [4.69, 9.17) is 10.8 Å². The van der Waals surface area contributed by atoms with Gasteiger partial charge < -0.3 is 37.0 Å². The molecule has 0 aliphatic heterocycles. The van der Waals surface area contributed by atoms with E-state index in [2.05, 4.69) is 16.0 Å². The van der Waals surface area contributed by atoms with Crippen LogP contribution in [0.5, 0.6) is 5.75 Å². The summed E-state index contributed by atoms with van der Waals surface area (Å²) in [6.45, 7) is 2.09. The smallest absolute Gasteiger partial charge is 0.328 e. The summed E-state index contributed by atoms with van der Waals surface area (Å²) in [5, 5.41) is 34.5. The van der Waals surface area contributed by atoms with Gasteiger partial charge in [0.15, 0.2) is 6.04 Å². The molecule has 11 nitrogen and oxygen atoms in total. The van der Waals surface area contributed by atoms with E-state index in [-0.39, 0.29) is 12.2 Å². The summed E-state index contributed by atoms with van der Waals surface area (Å²) in [6.07, 6.45) is -1.27. The predicted octanol–water partition coefficient (Wildman–Crippen LogP) is -2.17. The van der Waals surface area contributed by atoms with Crippen molar-refractivity contribution in [2.75, 3.05) is 6.54 Å². The molecule has 0 spiro atoms. The molecule has 1 aromatic carbocycles. The first-order valence-electron chi connectivity index (χ1n) is 8.83. The molecule has 1 rings (SSSR count). The second-order valence-electron chi connectivity index (χ2n) is 6.56. The van der Waals surface area contributed by atoms with Crippen LogP contribution in [0.25, 0.3) is 0 Å². The fourth-order valence-corrected chi connectivity index (χ4v) is 2.28. The van der Waals surface area contributed by atoms with Crippen molar-refractivity contribution < 1.29 is 34.5 Å². The van der Waals surface area contributed by atoms with Crippen molar-refractivity contribution >= 4 is 23.7 Å². The monoisotopic (exact) mass is 410 g/mol. The van der Waals surface area contributed by atoms with Crippen LogP contribution in [-0.2, 0) is 25.6 Å². The topological polar surface area (TPSA) is 191 Å². The van der Waals surface area contributed by atoms with E-state index < -0.39 is 54.5 Å². The third kappa shape index (κ3) is 8.15. The van der Waals surface area contributed by atoms with Gasteiger partial charge in [-0.3, -0.25) is 14.4 Å². The highest BCUT2D eigenvalue weighted by Gasteiger charge is 2.26. The number of nitrogens with two attached hydrogens (primary N) is 1. The van der Waals surface area contributed by atoms with Crippen LogP contribution in [0.3, 0.4) is 0 Å². The van der Waals surface area contributed by atoms with Gasteiger partial charge in [0.25, 0.3) is 0 Å². The number of benzene rings is 1. The lowest BCUT2D eigenvalue weighted by Crippen LogP contribution is -2.54. The van der Waals surface area contributed by atoms with Crippen molar-refractivity contribution in [3.63, 3.8) is 0 Å². The number of carbonyl (C=O) groups excluding carboxylic acids is 3. The number of aliphatic hydroxyl groups excluding tert-OH is 1. The summed E-state index contributed by atoms with van der Waals surface area (Å²) >= 11 is 0. The molecule has 160 valence electrons. The predicted molar refractivity (Wildman–Crippen MR) is 102 cm³/mol. The van der Waals surface area contributed by atoms with Gasteiger partial charge in [-0.1, -0.05) is 12.1 Å². The number of hydrogen-bond acceptors (Lipinski definition) is 7. The minimum absolute atomic E-state index is 0.0390. The molecule has 3 amide bonds. The number of aromatic hydroxyl groups is 1. The summed E-state index contributed by atoms with van der Waals surface area (Å²) in [6, 6.07) is 2.54. The van der Waals surface area contributed by atoms with Gasteiger partial charge in [-0.25, -0.2) is 4.79 Å². The van der Waals surface area contributed by atoms with Crippen LogP contribution in [0, 0.1) is 0 Å². The third-order valence-electron chi connectivity index (χ3n) is 3.91. The van der Waals surface area contributed by atoms with Crippen LogP contribution >= 0.6 is 0 Å². The van der Waals surface area contributed by atoms with Crippen LogP contribution in [0.15, 0.2) is 24.3 Å². The first-order chi connectivity index (χ1) is 13.5. The molecule has 0 saturated heterocycles. The quantitative estimate of drug-likeness (QED) is 0.227.